The van der Waals surface area contributed by atoms with Crippen LogP contribution in [0.15, 0.2) is 79.1 Å². The van der Waals surface area contributed by atoms with Crippen LogP contribution in [0, 0.1) is 6.92 Å². The highest BCUT2D eigenvalue weighted by Crippen LogP contribution is 2.30. The van der Waals surface area contributed by atoms with Crippen molar-refractivity contribution in [1.82, 2.24) is 24.6 Å². The normalized spacial score (nSPS) is 12.2. The number of aromatic nitrogens is 4. The minimum atomic E-state index is -0.337. The summed E-state index contributed by atoms with van der Waals surface area (Å²) in [5, 5.41) is 8.90. The van der Waals surface area contributed by atoms with Crippen molar-refractivity contribution in [3.8, 4) is 0 Å². The van der Waals surface area contributed by atoms with Crippen LogP contribution >= 0.6 is 11.3 Å². The maximum atomic E-state index is 13.3. The van der Waals surface area contributed by atoms with Gasteiger partial charge in [0.1, 0.15) is 16.7 Å². The molecule has 0 saturated carbocycles. The number of benzene rings is 2. The maximum Gasteiger partial charge on any atom is 0.262 e. The number of amides is 1. The second kappa shape index (κ2) is 8.43. The molecule has 32 heavy (non-hydrogen) atoms. The van der Waals surface area contributed by atoms with E-state index in [9.17, 15) is 4.79 Å². The van der Waals surface area contributed by atoms with E-state index < -0.39 is 0 Å². The third-order valence-electron chi connectivity index (χ3n) is 5.53. The molecule has 6 nitrogen and oxygen atoms in total. The second-order valence-electron chi connectivity index (χ2n) is 7.77. The number of nitrogens with one attached hydrogen (secondary N) is 1. The van der Waals surface area contributed by atoms with Crippen LogP contribution in [0.5, 0.6) is 0 Å². The Labute approximate surface area is 190 Å². The van der Waals surface area contributed by atoms with Gasteiger partial charge in [-0.3, -0.25) is 9.48 Å². The highest BCUT2D eigenvalue weighted by Gasteiger charge is 2.23. The highest BCUT2D eigenvalue weighted by molar-refractivity contribution is 7.20. The summed E-state index contributed by atoms with van der Waals surface area (Å²) in [4.78, 5) is 19.5. The molecule has 0 aliphatic carbocycles. The molecule has 3 heterocycles. The van der Waals surface area contributed by atoms with E-state index in [0.717, 1.165) is 27.3 Å². The Bertz CT molecular complexity index is 1370. The SMILES string of the molecule is Cc1nn(Cc2ccccc2)c2sc(C(=O)NC(c3ccccc3)c3nccn3C)cc12. The molecule has 0 spiro atoms. The van der Waals surface area contributed by atoms with Gasteiger partial charge < -0.3 is 9.88 Å². The van der Waals surface area contributed by atoms with Gasteiger partial charge in [0, 0.05) is 24.8 Å². The topological polar surface area (TPSA) is 64.7 Å². The summed E-state index contributed by atoms with van der Waals surface area (Å²) in [5.41, 5.74) is 3.09. The van der Waals surface area contributed by atoms with E-state index in [-0.39, 0.29) is 11.9 Å². The predicted molar refractivity (Wildman–Crippen MR) is 127 cm³/mol. The lowest BCUT2D eigenvalue weighted by Gasteiger charge is -2.18. The number of fused-ring (bicyclic) bond motifs is 1. The van der Waals surface area contributed by atoms with Crippen LogP contribution in [0.2, 0.25) is 0 Å². The number of hydrogen-bond donors (Lipinski definition) is 1. The van der Waals surface area contributed by atoms with Crippen molar-refractivity contribution in [3.05, 3.63) is 107 Å². The first-order chi connectivity index (χ1) is 15.6. The third kappa shape index (κ3) is 3.83. The van der Waals surface area contributed by atoms with E-state index in [1.54, 1.807) is 6.20 Å². The van der Waals surface area contributed by atoms with Gasteiger partial charge >= 0.3 is 0 Å². The lowest BCUT2D eigenvalue weighted by atomic mass is 10.1. The summed E-state index contributed by atoms with van der Waals surface area (Å²) in [5.74, 6) is 0.672. The molecule has 1 unspecified atom stereocenters. The summed E-state index contributed by atoms with van der Waals surface area (Å²) in [7, 11) is 1.94. The molecule has 0 bridgehead atoms. The second-order valence-corrected chi connectivity index (χ2v) is 8.80. The number of carbonyl (C=O) groups is 1. The molecule has 0 aliphatic heterocycles. The molecule has 1 amide bonds. The summed E-state index contributed by atoms with van der Waals surface area (Å²) in [6.07, 6.45) is 3.64. The zero-order chi connectivity index (χ0) is 22.1. The van der Waals surface area contributed by atoms with E-state index in [2.05, 4.69) is 27.5 Å². The number of rotatable bonds is 6. The molecule has 0 saturated heterocycles. The summed E-state index contributed by atoms with van der Waals surface area (Å²) in [6, 6.07) is 21.8. The van der Waals surface area contributed by atoms with E-state index in [0.29, 0.717) is 11.4 Å². The molecule has 5 rings (SSSR count). The summed E-state index contributed by atoms with van der Waals surface area (Å²) < 4.78 is 3.92. The predicted octanol–water partition coefficient (Wildman–Crippen LogP) is 4.71. The van der Waals surface area contributed by atoms with Gasteiger partial charge in [0.05, 0.1) is 17.1 Å². The fourth-order valence-corrected chi connectivity index (χ4v) is 4.95. The first kappa shape index (κ1) is 20.2. The van der Waals surface area contributed by atoms with Crippen LogP contribution in [-0.2, 0) is 13.6 Å². The van der Waals surface area contributed by atoms with Crippen molar-refractivity contribution in [3.63, 3.8) is 0 Å². The van der Waals surface area contributed by atoms with Crippen molar-refractivity contribution in [1.29, 1.82) is 0 Å². The van der Waals surface area contributed by atoms with Gasteiger partial charge in [-0.1, -0.05) is 60.7 Å². The van der Waals surface area contributed by atoms with Crippen LogP contribution in [0.3, 0.4) is 0 Å². The quantitative estimate of drug-likeness (QED) is 0.415. The van der Waals surface area contributed by atoms with Gasteiger partial charge in [-0.05, 0) is 24.1 Å². The first-order valence-corrected chi connectivity index (χ1v) is 11.3. The van der Waals surface area contributed by atoms with Crippen molar-refractivity contribution in [2.75, 3.05) is 0 Å². The molecule has 0 fully saturated rings. The third-order valence-corrected chi connectivity index (χ3v) is 6.68. The standard InChI is InChI=1S/C25H23N5OS/c1-17-20-15-21(32-25(20)30(28-17)16-18-9-5-3-6-10-18)24(31)27-22(19-11-7-4-8-12-19)23-26-13-14-29(23)2/h3-15,22H,16H2,1-2H3,(H,27,31). The molecule has 0 aliphatic rings. The smallest absolute Gasteiger partial charge is 0.262 e. The van der Waals surface area contributed by atoms with Crippen LogP contribution in [-0.4, -0.2) is 25.2 Å². The number of carbonyl (C=O) groups excluding carboxylic acids is 1. The largest absolute Gasteiger partial charge is 0.337 e. The first-order valence-electron chi connectivity index (χ1n) is 10.4. The van der Waals surface area contributed by atoms with Crippen LogP contribution < -0.4 is 5.32 Å². The number of thiophene rings is 1. The molecule has 2 aromatic carbocycles. The molecule has 1 atom stereocenters. The van der Waals surface area contributed by atoms with Crippen LogP contribution in [0.25, 0.3) is 10.2 Å². The molecule has 1 N–H and O–H groups in total. The van der Waals surface area contributed by atoms with Crippen LogP contribution in [0.4, 0.5) is 0 Å². The Hall–Kier alpha value is -3.71. The zero-order valence-corrected chi connectivity index (χ0v) is 18.7. The van der Waals surface area contributed by atoms with E-state index in [4.69, 9.17) is 0 Å². The Kier molecular flexibility index (Phi) is 5.33. The minimum absolute atomic E-state index is 0.117. The highest BCUT2D eigenvalue weighted by atomic mass is 32.1. The molecular weight excluding hydrogens is 418 g/mol. The average Bonchev–Trinajstić information content (AvgIpc) is 3.51. The minimum Gasteiger partial charge on any atom is -0.337 e. The van der Waals surface area contributed by atoms with Gasteiger partial charge in [0.15, 0.2) is 0 Å². The lowest BCUT2D eigenvalue weighted by Crippen LogP contribution is -2.30. The van der Waals surface area contributed by atoms with Gasteiger partial charge in [-0.2, -0.15) is 5.10 Å². The maximum absolute atomic E-state index is 13.3. The fraction of sp³-hybridized carbons (Fsp3) is 0.160. The molecule has 5 aromatic rings. The van der Waals surface area contributed by atoms with E-state index in [1.165, 1.54) is 16.9 Å². The molecule has 160 valence electrons. The molecule has 0 radical (unpaired) electrons. The van der Waals surface area contributed by atoms with Crippen LogP contribution in [0.1, 0.15) is 38.4 Å². The Morgan fingerprint density at radius 1 is 1.09 bits per heavy atom. The van der Waals surface area contributed by atoms with Crippen molar-refractivity contribution < 1.29 is 4.79 Å². The summed E-state index contributed by atoms with van der Waals surface area (Å²) in [6.45, 7) is 2.66. The van der Waals surface area contributed by atoms with Crippen molar-refractivity contribution in [2.45, 2.75) is 19.5 Å². The number of aryl methyl sites for hydroxylation is 2. The Balaban J connectivity index is 1.46. The molecule has 3 aromatic heterocycles. The van der Waals surface area contributed by atoms with Crippen molar-refractivity contribution >= 4 is 27.5 Å². The Morgan fingerprint density at radius 3 is 2.50 bits per heavy atom. The van der Waals surface area contributed by atoms with Gasteiger partial charge in [0.25, 0.3) is 5.91 Å². The van der Waals surface area contributed by atoms with Gasteiger partial charge in [-0.15, -0.1) is 11.3 Å². The molecular formula is C25H23N5OS. The van der Waals surface area contributed by atoms with E-state index >= 15 is 0 Å². The zero-order valence-electron chi connectivity index (χ0n) is 17.9. The van der Waals surface area contributed by atoms with Crippen molar-refractivity contribution in [2.24, 2.45) is 7.05 Å². The monoisotopic (exact) mass is 441 g/mol. The Morgan fingerprint density at radius 2 is 1.81 bits per heavy atom. The fourth-order valence-electron chi connectivity index (χ4n) is 3.89. The number of hydrogen-bond acceptors (Lipinski definition) is 4. The number of imidazole rings is 1. The average molecular weight is 442 g/mol. The number of nitrogens with zero attached hydrogens (tertiary/aromatic N) is 4. The summed E-state index contributed by atoms with van der Waals surface area (Å²) >= 11 is 1.47. The lowest BCUT2D eigenvalue weighted by molar-refractivity contribution is 0.0945. The van der Waals surface area contributed by atoms with E-state index in [1.807, 2.05) is 84.0 Å². The van der Waals surface area contributed by atoms with Gasteiger partial charge in [0.2, 0.25) is 0 Å². The molecule has 7 heteroatoms. The van der Waals surface area contributed by atoms with Gasteiger partial charge in [-0.25, -0.2) is 4.98 Å².